The van der Waals surface area contributed by atoms with Crippen LogP contribution in [0.1, 0.15) is 60.7 Å². The maximum Gasteiger partial charge on any atom is 0.251 e. The minimum absolute atomic E-state index is 0.00960. The molecule has 1 aromatic carbocycles. The largest absolute Gasteiger partial charge is 0.394 e. The smallest absolute Gasteiger partial charge is 0.251 e. The fourth-order valence-electron chi connectivity index (χ4n) is 5.95. The number of carbonyl (C=O) groups is 4. The number of ether oxygens (including phenoxy) is 6. The van der Waals surface area contributed by atoms with E-state index in [4.69, 9.17) is 28.4 Å². The minimum atomic E-state index is -1.59. The topological polar surface area (TPSA) is 334 Å². The Morgan fingerprint density at radius 2 is 1.08 bits per heavy atom. The van der Waals surface area contributed by atoms with Crippen molar-refractivity contribution in [3.63, 3.8) is 0 Å². The lowest BCUT2D eigenvalue weighted by Crippen LogP contribution is -2.59. The second kappa shape index (κ2) is 25.5. The number of nitrogens with one attached hydrogen (secondary N) is 4. The Morgan fingerprint density at radius 3 is 1.52 bits per heavy atom. The van der Waals surface area contributed by atoms with Crippen LogP contribution in [0.3, 0.4) is 0 Å². The summed E-state index contributed by atoms with van der Waals surface area (Å²) in [5.41, 5.74) is 0.180. The van der Waals surface area contributed by atoms with E-state index in [1.165, 1.54) is 18.2 Å². The Bertz CT molecular complexity index is 1420. The van der Waals surface area contributed by atoms with Gasteiger partial charge in [-0.15, -0.1) is 0 Å². The van der Waals surface area contributed by atoms with Gasteiger partial charge in [0.15, 0.2) is 12.6 Å². The van der Waals surface area contributed by atoms with E-state index < -0.39 is 92.3 Å². The SMILES string of the molecule is CC(C)(C)CCCC(=O)NCC(=O)Nc1cc(C(=O)NCCOCCO[C@H]2O[C@H](CO)[C@@H](O)[C@H](O)[C@@H]2O)cc(C(=O)NCCOCCO[C@H]2O[C@H](CO)[C@@H](O)[C@H](O)[C@@H]2O)c1. The van der Waals surface area contributed by atoms with Crippen molar-refractivity contribution in [3.8, 4) is 0 Å². The highest BCUT2D eigenvalue weighted by Gasteiger charge is 2.45. The molecule has 2 aliphatic rings. The molecule has 0 radical (unpaired) electrons. The van der Waals surface area contributed by atoms with Crippen molar-refractivity contribution in [1.29, 1.82) is 0 Å². The molecule has 1 aromatic rings. The van der Waals surface area contributed by atoms with Crippen molar-refractivity contribution in [2.24, 2.45) is 5.41 Å². The zero-order valence-corrected chi connectivity index (χ0v) is 34.1. The standard InChI is InChI=1S/C38H62N4O18/c1-38(2,3)6-4-5-26(45)41-18-27(46)42-23-16-21(34(53)39-7-9-55-11-13-57-36-32(51)30(49)28(47)24(19-43)59-36)15-22(17-23)35(54)40-8-10-56-12-14-58-37-33(52)31(50)29(48)25(20-44)60-37/h15-17,24-25,28-33,36-37,43-44,47-52H,4-14,18-20H2,1-3H3,(H,39,53)(H,40,54)(H,41,45)(H,42,46)/t24-,25-,28-,29-,30+,31+,32+,33+,36+,37+/m1/s1. The maximum atomic E-state index is 13.2. The molecule has 22 nitrogen and oxygen atoms in total. The van der Waals surface area contributed by atoms with Crippen LogP contribution in [0.2, 0.25) is 0 Å². The molecule has 2 heterocycles. The molecule has 22 heteroatoms. The molecule has 342 valence electrons. The van der Waals surface area contributed by atoms with Crippen molar-refractivity contribution >= 4 is 29.3 Å². The Balaban J connectivity index is 1.50. The van der Waals surface area contributed by atoms with Crippen LogP contribution in [0.25, 0.3) is 0 Å². The molecule has 0 aromatic heterocycles. The summed E-state index contributed by atoms with van der Waals surface area (Å²) in [5, 5.41) is 88.8. The second-order valence-electron chi connectivity index (χ2n) is 15.4. The van der Waals surface area contributed by atoms with Gasteiger partial charge in [0.2, 0.25) is 11.8 Å². The van der Waals surface area contributed by atoms with Crippen LogP contribution in [0, 0.1) is 5.41 Å². The van der Waals surface area contributed by atoms with Crippen molar-refractivity contribution in [2.75, 3.05) is 77.8 Å². The quantitative estimate of drug-likeness (QED) is 0.0442. The van der Waals surface area contributed by atoms with Gasteiger partial charge in [-0.3, -0.25) is 19.2 Å². The summed E-state index contributed by atoms with van der Waals surface area (Å²) < 4.78 is 32.1. The molecular weight excluding hydrogens is 800 g/mol. The Hall–Kier alpha value is -3.46. The first kappa shape index (κ1) is 50.9. The van der Waals surface area contributed by atoms with E-state index in [0.717, 1.165) is 6.42 Å². The predicted octanol–water partition coefficient (Wildman–Crippen LogP) is -3.92. The fourth-order valence-corrected chi connectivity index (χ4v) is 5.95. The van der Waals surface area contributed by atoms with Crippen LogP contribution in [0.15, 0.2) is 18.2 Å². The molecule has 10 atom stereocenters. The third kappa shape index (κ3) is 16.8. The van der Waals surface area contributed by atoms with Gasteiger partial charge in [-0.2, -0.15) is 0 Å². The van der Waals surface area contributed by atoms with Crippen LogP contribution >= 0.6 is 0 Å². The first-order valence-electron chi connectivity index (χ1n) is 19.7. The molecule has 0 spiro atoms. The van der Waals surface area contributed by atoms with Gasteiger partial charge in [0, 0.05) is 36.3 Å². The van der Waals surface area contributed by atoms with Gasteiger partial charge in [-0.1, -0.05) is 20.8 Å². The summed E-state index contributed by atoms with van der Waals surface area (Å²) in [7, 11) is 0. The molecule has 0 unspecified atom stereocenters. The second-order valence-corrected chi connectivity index (χ2v) is 15.4. The average molecular weight is 863 g/mol. The van der Waals surface area contributed by atoms with Crippen molar-refractivity contribution < 1.29 is 88.5 Å². The number of carbonyl (C=O) groups excluding carboxylic acids is 4. The summed E-state index contributed by atoms with van der Waals surface area (Å²) >= 11 is 0. The molecule has 0 aliphatic carbocycles. The highest BCUT2D eigenvalue weighted by Crippen LogP contribution is 2.24. The van der Waals surface area contributed by atoms with Crippen molar-refractivity contribution in [3.05, 3.63) is 29.3 Å². The van der Waals surface area contributed by atoms with Crippen molar-refractivity contribution in [2.45, 2.75) is 101 Å². The minimum Gasteiger partial charge on any atom is -0.394 e. The number of benzene rings is 1. The van der Waals surface area contributed by atoms with E-state index in [-0.39, 0.29) is 93.8 Å². The van der Waals surface area contributed by atoms with E-state index in [9.17, 15) is 60.0 Å². The first-order chi connectivity index (χ1) is 28.4. The molecule has 2 aliphatic heterocycles. The number of rotatable bonds is 24. The molecule has 3 rings (SSSR count). The van der Waals surface area contributed by atoms with Gasteiger partial charge in [-0.25, -0.2) is 0 Å². The van der Waals surface area contributed by atoms with Crippen LogP contribution in [-0.2, 0) is 38.0 Å². The number of amides is 4. The lowest BCUT2D eigenvalue weighted by molar-refractivity contribution is -0.302. The molecule has 12 N–H and O–H groups in total. The summed E-state index contributed by atoms with van der Waals surface area (Å²) in [6.45, 7) is 4.44. The van der Waals surface area contributed by atoms with E-state index >= 15 is 0 Å². The predicted molar refractivity (Wildman–Crippen MR) is 207 cm³/mol. The molecular formula is C38H62N4O18. The van der Waals surface area contributed by atoms with Gasteiger partial charge in [0.05, 0.1) is 59.4 Å². The van der Waals surface area contributed by atoms with Gasteiger partial charge in [0.25, 0.3) is 11.8 Å². The number of hydrogen-bond donors (Lipinski definition) is 12. The summed E-state index contributed by atoms with van der Waals surface area (Å²) in [5.74, 6) is -2.12. The first-order valence-corrected chi connectivity index (χ1v) is 19.7. The van der Waals surface area contributed by atoms with E-state index in [1.54, 1.807) is 0 Å². The number of anilines is 1. The third-order valence-corrected chi connectivity index (χ3v) is 9.30. The summed E-state index contributed by atoms with van der Waals surface area (Å²) in [4.78, 5) is 51.4. The lowest BCUT2D eigenvalue weighted by atomic mass is 9.90. The monoisotopic (exact) mass is 862 g/mol. The van der Waals surface area contributed by atoms with Crippen LogP contribution in [0.4, 0.5) is 5.69 Å². The van der Waals surface area contributed by atoms with E-state index in [1.807, 2.05) is 0 Å². The van der Waals surface area contributed by atoms with Gasteiger partial charge in [0.1, 0.15) is 48.8 Å². The fraction of sp³-hybridized carbons (Fsp3) is 0.737. The van der Waals surface area contributed by atoms with Crippen LogP contribution < -0.4 is 21.3 Å². The molecule has 4 amide bonds. The van der Waals surface area contributed by atoms with Gasteiger partial charge >= 0.3 is 0 Å². The zero-order chi connectivity index (χ0) is 44.4. The van der Waals surface area contributed by atoms with Gasteiger partial charge < -0.3 is 90.5 Å². The Kier molecular flexibility index (Phi) is 21.6. The van der Waals surface area contributed by atoms with Crippen molar-refractivity contribution in [1.82, 2.24) is 16.0 Å². The Labute approximate surface area is 347 Å². The van der Waals surface area contributed by atoms with E-state index in [0.29, 0.717) is 6.42 Å². The molecule has 2 fully saturated rings. The zero-order valence-electron chi connectivity index (χ0n) is 34.1. The van der Waals surface area contributed by atoms with Gasteiger partial charge in [-0.05, 0) is 36.5 Å². The molecule has 0 bridgehead atoms. The Morgan fingerprint density at radius 1 is 0.617 bits per heavy atom. The molecule has 0 saturated carbocycles. The van der Waals surface area contributed by atoms with Crippen LogP contribution in [-0.4, -0.2) is 198 Å². The number of hydrogen-bond acceptors (Lipinski definition) is 18. The lowest BCUT2D eigenvalue weighted by Gasteiger charge is -2.39. The summed E-state index contributed by atoms with van der Waals surface area (Å²) in [6, 6.07) is 4.01. The van der Waals surface area contributed by atoms with E-state index in [2.05, 4.69) is 42.0 Å². The normalized spacial score (nSPS) is 26.9. The summed E-state index contributed by atoms with van der Waals surface area (Å²) in [6.07, 6.45) is -12.5. The number of aliphatic hydroxyl groups excluding tert-OH is 8. The highest BCUT2D eigenvalue weighted by molar-refractivity contribution is 6.03. The number of aliphatic hydroxyl groups is 8. The maximum absolute atomic E-state index is 13.2. The average Bonchev–Trinajstić information content (AvgIpc) is 3.21. The molecule has 2 saturated heterocycles. The molecule has 60 heavy (non-hydrogen) atoms. The highest BCUT2D eigenvalue weighted by atomic mass is 16.7. The van der Waals surface area contributed by atoms with Crippen LogP contribution in [0.5, 0.6) is 0 Å². The third-order valence-electron chi connectivity index (χ3n) is 9.30.